The van der Waals surface area contributed by atoms with Crippen molar-refractivity contribution in [1.82, 2.24) is 0 Å². The smallest absolute Gasteiger partial charge is 0.321 e. The molecule has 1 rings (SSSR count). The highest BCUT2D eigenvalue weighted by Gasteiger charge is 2.23. The van der Waals surface area contributed by atoms with Crippen LogP contribution in [0.25, 0.3) is 0 Å². The van der Waals surface area contributed by atoms with E-state index in [2.05, 4.69) is 44.2 Å². The maximum Gasteiger partial charge on any atom is 0.321 e. The largest absolute Gasteiger partial charge is 0.397 e. The Balaban J connectivity index is 2.54. The Kier molecular flexibility index (Phi) is 6.61. The molecule has 0 saturated heterocycles. The van der Waals surface area contributed by atoms with Gasteiger partial charge in [-0.25, -0.2) is 0 Å². The topological polar surface area (TPSA) is 18.5 Å². The summed E-state index contributed by atoms with van der Waals surface area (Å²) in [7, 11) is -1.46. The molecule has 0 bridgehead atoms. The van der Waals surface area contributed by atoms with Crippen molar-refractivity contribution in [2.75, 3.05) is 13.2 Å². The third kappa shape index (κ3) is 4.92. The average Bonchev–Trinajstić information content (AvgIpc) is 2.38. The summed E-state index contributed by atoms with van der Waals surface area (Å²) in [6.07, 6.45) is 1.12. The zero-order valence-corrected chi connectivity index (χ0v) is 13.3. The molecule has 0 heterocycles. The van der Waals surface area contributed by atoms with Gasteiger partial charge >= 0.3 is 9.28 Å². The zero-order chi connectivity index (χ0) is 13.4. The molecule has 3 heteroatoms. The van der Waals surface area contributed by atoms with Gasteiger partial charge in [-0.3, -0.25) is 0 Å². The molecule has 102 valence electrons. The van der Waals surface area contributed by atoms with Crippen LogP contribution in [0.15, 0.2) is 30.3 Å². The lowest BCUT2D eigenvalue weighted by Gasteiger charge is -2.27. The summed E-state index contributed by atoms with van der Waals surface area (Å²) >= 11 is 0. The minimum Gasteiger partial charge on any atom is -0.397 e. The third-order valence-electron chi connectivity index (χ3n) is 3.27. The molecule has 1 aromatic rings. The molecular formula is C15H26O2Si. The van der Waals surface area contributed by atoms with E-state index in [-0.39, 0.29) is 5.41 Å². The first-order chi connectivity index (χ1) is 8.60. The molecule has 0 N–H and O–H groups in total. The van der Waals surface area contributed by atoms with Crippen molar-refractivity contribution < 1.29 is 8.85 Å². The predicted molar refractivity (Wildman–Crippen MR) is 79.3 cm³/mol. The second-order valence-corrected chi connectivity index (χ2v) is 7.23. The molecule has 0 atom stereocenters. The molecule has 2 nitrogen and oxygen atoms in total. The Labute approximate surface area is 113 Å². The third-order valence-corrected chi connectivity index (χ3v) is 5.44. The summed E-state index contributed by atoms with van der Waals surface area (Å²) in [6, 6.07) is 11.8. The molecule has 0 saturated carbocycles. The van der Waals surface area contributed by atoms with Crippen molar-refractivity contribution in [2.45, 2.75) is 45.6 Å². The number of rotatable bonds is 8. The molecule has 0 radical (unpaired) electrons. The van der Waals surface area contributed by atoms with Crippen LogP contribution in [0.2, 0.25) is 6.04 Å². The van der Waals surface area contributed by atoms with Gasteiger partial charge in [-0.05, 0) is 37.3 Å². The van der Waals surface area contributed by atoms with E-state index in [0.29, 0.717) is 0 Å². The van der Waals surface area contributed by atoms with Gasteiger partial charge in [0.2, 0.25) is 0 Å². The lowest BCUT2D eigenvalue weighted by atomic mass is 9.82. The van der Waals surface area contributed by atoms with Gasteiger partial charge in [-0.15, -0.1) is 0 Å². The standard InChI is InChI=1S/C15H26O2Si/c1-5-16-18(17-6-2)13-12-15(3,4)14-10-8-7-9-11-14/h7-11,18H,5-6,12-13H2,1-4H3. The number of hydrogen-bond donors (Lipinski definition) is 0. The van der Waals surface area contributed by atoms with Gasteiger partial charge in [0.25, 0.3) is 0 Å². The van der Waals surface area contributed by atoms with Crippen molar-refractivity contribution in [1.29, 1.82) is 0 Å². The fraction of sp³-hybridized carbons (Fsp3) is 0.600. The molecule has 0 amide bonds. The van der Waals surface area contributed by atoms with Crippen LogP contribution >= 0.6 is 0 Å². The molecule has 0 aliphatic rings. The molecule has 18 heavy (non-hydrogen) atoms. The first kappa shape index (κ1) is 15.4. The van der Waals surface area contributed by atoms with Gasteiger partial charge in [0.1, 0.15) is 0 Å². The first-order valence-corrected chi connectivity index (χ1v) is 8.64. The molecule has 1 aromatic carbocycles. The van der Waals surface area contributed by atoms with Gasteiger partial charge in [0, 0.05) is 13.2 Å². The van der Waals surface area contributed by atoms with Crippen LogP contribution in [0, 0.1) is 0 Å². The predicted octanol–water partition coefficient (Wildman–Crippen LogP) is 3.65. The van der Waals surface area contributed by atoms with Crippen LogP contribution in [0.1, 0.15) is 39.7 Å². The van der Waals surface area contributed by atoms with Gasteiger partial charge < -0.3 is 8.85 Å². The van der Waals surface area contributed by atoms with E-state index in [1.807, 2.05) is 13.8 Å². The maximum absolute atomic E-state index is 5.73. The molecule has 0 aromatic heterocycles. The lowest BCUT2D eigenvalue weighted by Crippen LogP contribution is -2.27. The van der Waals surface area contributed by atoms with Gasteiger partial charge in [-0.1, -0.05) is 44.2 Å². The van der Waals surface area contributed by atoms with Crippen LogP contribution in [0.5, 0.6) is 0 Å². The molecule has 0 aliphatic carbocycles. The molecule has 0 spiro atoms. The van der Waals surface area contributed by atoms with Crippen molar-refractivity contribution in [3.8, 4) is 0 Å². The van der Waals surface area contributed by atoms with Crippen LogP contribution in [0.4, 0.5) is 0 Å². The van der Waals surface area contributed by atoms with Crippen LogP contribution in [-0.2, 0) is 14.3 Å². The normalized spacial score (nSPS) is 12.1. The summed E-state index contributed by atoms with van der Waals surface area (Å²) in [5, 5.41) is 0. The highest BCUT2D eigenvalue weighted by Crippen LogP contribution is 2.29. The fourth-order valence-corrected chi connectivity index (χ4v) is 4.23. The van der Waals surface area contributed by atoms with Crippen molar-refractivity contribution >= 4 is 9.28 Å². The van der Waals surface area contributed by atoms with Gasteiger partial charge in [0.05, 0.1) is 0 Å². The van der Waals surface area contributed by atoms with E-state index >= 15 is 0 Å². The average molecular weight is 266 g/mol. The SMILES string of the molecule is CCO[SiH](CCC(C)(C)c1ccccc1)OCC. The summed E-state index contributed by atoms with van der Waals surface area (Å²) in [6.45, 7) is 10.2. The van der Waals surface area contributed by atoms with Gasteiger partial charge in [0.15, 0.2) is 0 Å². The fourth-order valence-electron chi connectivity index (χ4n) is 2.10. The van der Waals surface area contributed by atoms with Crippen LogP contribution in [0.3, 0.4) is 0 Å². The Morgan fingerprint density at radius 2 is 1.56 bits per heavy atom. The Hall–Kier alpha value is -0.643. The number of hydrogen-bond acceptors (Lipinski definition) is 2. The van der Waals surface area contributed by atoms with Gasteiger partial charge in [-0.2, -0.15) is 0 Å². The summed E-state index contributed by atoms with van der Waals surface area (Å²) < 4.78 is 11.5. The van der Waals surface area contributed by atoms with E-state index in [0.717, 1.165) is 25.7 Å². The monoisotopic (exact) mass is 266 g/mol. The molecule has 0 fully saturated rings. The maximum atomic E-state index is 5.73. The second-order valence-electron chi connectivity index (χ2n) is 5.13. The first-order valence-electron chi connectivity index (χ1n) is 6.89. The quantitative estimate of drug-likeness (QED) is 0.669. The van der Waals surface area contributed by atoms with E-state index in [9.17, 15) is 0 Å². The highest BCUT2D eigenvalue weighted by molar-refractivity contribution is 6.44. The van der Waals surface area contributed by atoms with Crippen LogP contribution in [-0.4, -0.2) is 22.5 Å². The van der Waals surface area contributed by atoms with E-state index in [1.54, 1.807) is 0 Å². The Bertz CT molecular complexity index is 319. The van der Waals surface area contributed by atoms with Crippen molar-refractivity contribution in [3.63, 3.8) is 0 Å². The summed E-state index contributed by atoms with van der Waals surface area (Å²) in [5.74, 6) is 0. The second kappa shape index (κ2) is 7.72. The molecular weight excluding hydrogens is 240 g/mol. The summed E-state index contributed by atoms with van der Waals surface area (Å²) in [5.41, 5.74) is 1.59. The Morgan fingerprint density at radius 1 is 1.00 bits per heavy atom. The van der Waals surface area contributed by atoms with Crippen molar-refractivity contribution in [2.24, 2.45) is 0 Å². The zero-order valence-electron chi connectivity index (χ0n) is 12.1. The number of benzene rings is 1. The van der Waals surface area contributed by atoms with Crippen LogP contribution < -0.4 is 0 Å². The molecule has 0 unspecified atom stereocenters. The van der Waals surface area contributed by atoms with E-state index in [1.165, 1.54) is 5.56 Å². The summed E-state index contributed by atoms with van der Waals surface area (Å²) in [4.78, 5) is 0. The minimum atomic E-state index is -1.46. The Morgan fingerprint density at radius 3 is 2.06 bits per heavy atom. The highest BCUT2D eigenvalue weighted by atomic mass is 28.3. The van der Waals surface area contributed by atoms with Crippen molar-refractivity contribution in [3.05, 3.63) is 35.9 Å². The van der Waals surface area contributed by atoms with E-state index in [4.69, 9.17) is 8.85 Å². The minimum absolute atomic E-state index is 0.195. The molecule has 0 aliphatic heterocycles. The van der Waals surface area contributed by atoms with E-state index < -0.39 is 9.28 Å². The lowest BCUT2D eigenvalue weighted by molar-refractivity contribution is 0.210.